The Balaban J connectivity index is 2.10. The van der Waals surface area contributed by atoms with Crippen LogP contribution in [0.15, 0.2) is 24.3 Å². The molecule has 19 heavy (non-hydrogen) atoms. The lowest BCUT2D eigenvalue weighted by Crippen LogP contribution is -2.45. The molecule has 104 valence electrons. The first-order valence-corrected chi connectivity index (χ1v) is 6.78. The van der Waals surface area contributed by atoms with E-state index in [0.717, 1.165) is 25.7 Å². The van der Waals surface area contributed by atoms with Crippen molar-refractivity contribution in [2.24, 2.45) is 0 Å². The second-order valence-electron chi connectivity index (χ2n) is 5.00. The van der Waals surface area contributed by atoms with Crippen molar-refractivity contribution in [3.05, 3.63) is 24.3 Å². The fraction of sp³-hybridized carbons (Fsp3) is 0.533. The van der Waals surface area contributed by atoms with Crippen molar-refractivity contribution in [1.82, 2.24) is 0 Å². The Hall–Kier alpha value is -1.71. The van der Waals surface area contributed by atoms with E-state index in [9.17, 15) is 4.79 Å². The van der Waals surface area contributed by atoms with E-state index in [1.807, 2.05) is 31.2 Å². The van der Waals surface area contributed by atoms with Gasteiger partial charge in [-0.1, -0.05) is 19.1 Å². The van der Waals surface area contributed by atoms with Crippen molar-refractivity contribution < 1.29 is 19.4 Å². The summed E-state index contributed by atoms with van der Waals surface area (Å²) in [5, 5.41) is 8.99. The third-order valence-electron chi connectivity index (χ3n) is 3.38. The Morgan fingerprint density at radius 1 is 1.32 bits per heavy atom. The summed E-state index contributed by atoms with van der Waals surface area (Å²) >= 11 is 0. The first kappa shape index (κ1) is 13.7. The smallest absolute Gasteiger partial charge is 0.307 e. The Morgan fingerprint density at radius 2 is 2.00 bits per heavy atom. The van der Waals surface area contributed by atoms with Gasteiger partial charge in [0.2, 0.25) is 0 Å². The van der Waals surface area contributed by atoms with E-state index in [0.29, 0.717) is 18.1 Å². The van der Waals surface area contributed by atoms with Crippen molar-refractivity contribution in [2.45, 2.75) is 44.6 Å². The number of benzene rings is 1. The van der Waals surface area contributed by atoms with Gasteiger partial charge in [-0.05, 0) is 37.8 Å². The Labute approximate surface area is 113 Å². The van der Waals surface area contributed by atoms with Crippen LogP contribution in [0, 0.1) is 0 Å². The molecule has 1 saturated carbocycles. The maximum Gasteiger partial charge on any atom is 0.307 e. The predicted octanol–water partition coefficient (Wildman–Crippen LogP) is 3.25. The van der Waals surface area contributed by atoms with Crippen LogP contribution < -0.4 is 9.47 Å². The van der Waals surface area contributed by atoms with E-state index in [1.165, 1.54) is 0 Å². The molecule has 1 aromatic rings. The minimum absolute atomic E-state index is 0.0507. The van der Waals surface area contributed by atoms with Crippen LogP contribution >= 0.6 is 0 Å². The van der Waals surface area contributed by atoms with E-state index in [1.54, 1.807) is 0 Å². The van der Waals surface area contributed by atoms with Crippen LogP contribution in [-0.2, 0) is 4.79 Å². The lowest BCUT2D eigenvalue weighted by Gasteiger charge is -2.41. The van der Waals surface area contributed by atoms with Crippen molar-refractivity contribution in [1.29, 1.82) is 0 Å². The molecule has 0 saturated heterocycles. The zero-order chi connectivity index (χ0) is 13.7. The lowest BCUT2D eigenvalue weighted by atomic mass is 9.77. The second-order valence-corrected chi connectivity index (χ2v) is 5.00. The van der Waals surface area contributed by atoms with Gasteiger partial charge in [0.15, 0.2) is 11.5 Å². The largest absolute Gasteiger partial charge is 0.490 e. The summed E-state index contributed by atoms with van der Waals surface area (Å²) in [6.07, 6.45) is 3.58. The van der Waals surface area contributed by atoms with Crippen LogP contribution in [0.3, 0.4) is 0 Å². The van der Waals surface area contributed by atoms with Crippen LogP contribution in [0.25, 0.3) is 0 Å². The molecule has 0 spiro atoms. The highest BCUT2D eigenvalue weighted by Crippen LogP contribution is 2.42. The minimum Gasteiger partial charge on any atom is -0.490 e. The molecule has 0 heterocycles. The third kappa shape index (κ3) is 3.40. The lowest BCUT2D eigenvalue weighted by molar-refractivity contribution is -0.144. The highest BCUT2D eigenvalue weighted by Gasteiger charge is 2.42. The predicted molar refractivity (Wildman–Crippen MR) is 71.7 cm³/mol. The molecule has 1 aliphatic carbocycles. The van der Waals surface area contributed by atoms with E-state index in [4.69, 9.17) is 14.6 Å². The van der Waals surface area contributed by atoms with Gasteiger partial charge >= 0.3 is 5.97 Å². The first-order chi connectivity index (χ1) is 9.15. The van der Waals surface area contributed by atoms with Crippen molar-refractivity contribution in [2.75, 3.05) is 6.61 Å². The summed E-state index contributed by atoms with van der Waals surface area (Å²) in [5.74, 6) is 0.532. The number of hydrogen-bond acceptors (Lipinski definition) is 3. The normalized spacial score (nSPS) is 16.5. The van der Waals surface area contributed by atoms with Crippen LogP contribution in [0.2, 0.25) is 0 Å². The number of carboxylic acids is 1. The Morgan fingerprint density at radius 3 is 2.53 bits per heavy atom. The molecule has 0 amide bonds. The summed E-state index contributed by atoms with van der Waals surface area (Å²) in [6.45, 7) is 2.67. The number of rotatable bonds is 7. The molecular weight excluding hydrogens is 244 g/mol. The van der Waals surface area contributed by atoms with Gasteiger partial charge in [0.1, 0.15) is 5.60 Å². The fourth-order valence-corrected chi connectivity index (χ4v) is 2.26. The minimum atomic E-state index is -0.813. The average Bonchev–Trinajstić information content (AvgIpc) is 2.34. The average molecular weight is 264 g/mol. The zero-order valence-corrected chi connectivity index (χ0v) is 11.2. The second kappa shape index (κ2) is 5.95. The molecule has 0 atom stereocenters. The van der Waals surface area contributed by atoms with Gasteiger partial charge in [0.25, 0.3) is 0 Å². The van der Waals surface area contributed by atoms with E-state index >= 15 is 0 Å². The molecule has 1 aliphatic rings. The quantitative estimate of drug-likeness (QED) is 0.821. The molecule has 1 N–H and O–H groups in total. The van der Waals surface area contributed by atoms with Gasteiger partial charge in [-0.3, -0.25) is 4.79 Å². The van der Waals surface area contributed by atoms with E-state index in [-0.39, 0.29) is 6.42 Å². The fourth-order valence-electron chi connectivity index (χ4n) is 2.26. The number of carboxylic acid groups (broad SMARTS) is 1. The number of aliphatic carboxylic acids is 1. The van der Waals surface area contributed by atoms with Crippen LogP contribution in [0.5, 0.6) is 11.5 Å². The summed E-state index contributed by atoms with van der Waals surface area (Å²) in [4.78, 5) is 10.9. The molecule has 0 unspecified atom stereocenters. The van der Waals surface area contributed by atoms with Crippen LogP contribution in [0.1, 0.15) is 39.0 Å². The highest BCUT2D eigenvalue weighted by molar-refractivity contribution is 5.68. The number of ether oxygens (including phenoxy) is 2. The van der Waals surface area contributed by atoms with Gasteiger partial charge in [-0.2, -0.15) is 0 Å². The van der Waals surface area contributed by atoms with Crippen LogP contribution in [-0.4, -0.2) is 23.3 Å². The molecule has 0 bridgehead atoms. The molecule has 0 aliphatic heterocycles. The Kier molecular flexibility index (Phi) is 4.30. The molecule has 0 radical (unpaired) electrons. The molecule has 2 rings (SSSR count). The SMILES string of the molecule is CCCOc1ccccc1OC1(CC(=O)O)CCC1. The third-order valence-corrected chi connectivity index (χ3v) is 3.38. The number of para-hydroxylation sites is 2. The summed E-state index contributed by atoms with van der Waals surface area (Å²) in [5.41, 5.74) is -0.544. The maximum absolute atomic E-state index is 10.9. The van der Waals surface area contributed by atoms with Gasteiger partial charge in [0.05, 0.1) is 13.0 Å². The molecule has 1 fully saturated rings. The van der Waals surface area contributed by atoms with Crippen molar-refractivity contribution in [3.63, 3.8) is 0 Å². The standard InChI is InChI=1S/C15H20O4/c1-2-10-18-12-6-3-4-7-13(12)19-15(8-5-9-15)11-14(16)17/h3-4,6-7H,2,5,8-11H2,1H3,(H,16,17). The highest BCUT2D eigenvalue weighted by atomic mass is 16.5. The molecule has 4 nitrogen and oxygen atoms in total. The van der Waals surface area contributed by atoms with Gasteiger partial charge in [0, 0.05) is 0 Å². The number of carbonyl (C=O) groups is 1. The van der Waals surface area contributed by atoms with Gasteiger partial charge in [-0.15, -0.1) is 0 Å². The molecular formula is C15H20O4. The first-order valence-electron chi connectivity index (χ1n) is 6.78. The van der Waals surface area contributed by atoms with Gasteiger partial charge in [-0.25, -0.2) is 0 Å². The molecule has 0 aromatic heterocycles. The molecule has 1 aromatic carbocycles. The van der Waals surface area contributed by atoms with Crippen molar-refractivity contribution in [3.8, 4) is 11.5 Å². The Bertz CT molecular complexity index is 438. The van der Waals surface area contributed by atoms with Crippen molar-refractivity contribution >= 4 is 5.97 Å². The topological polar surface area (TPSA) is 55.8 Å². The monoisotopic (exact) mass is 264 g/mol. The van der Waals surface area contributed by atoms with Gasteiger partial charge < -0.3 is 14.6 Å². The number of hydrogen-bond donors (Lipinski definition) is 1. The van der Waals surface area contributed by atoms with E-state index in [2.05, 4.69) is 0 Å². The summed E-state index contributed by atoms with van der Waals surface area (Å²) < 4.78 is 11.6. The van der Waals surface area contributed by atoms with E-state index < -0.39 is 11.6 Å². The maximum atomic E-state index is 10.9. The summed E-state index contributed by atoms with van der Waals surface area (Å²) in [7, 11) is 0. The summed E-state index contributed by atoms with van der Waals surface area (Å²) in [6, 6.07) is 7.47. The zero-order valence-electron chi connectivity index (χ0n) is 11.2. The van der Waals surface area contributed by atoms with Crippen LogP contribution in [0.4, 0.5) is 0 Å². The molecule has 4 heteroatoms.